The van der Waals surface area contributed by atoms with Crippen molar-refractivity contribution >= 4 is 16.7 Å². The first-order chi connectivity index (χ1) is 8.02. The fraction of sp³-hybridized carbons (Fsp3) is 0.400. The molecule has 0 aliphatic carbocycles. The fourth-order valence-electron chi connectivity index (χ4n) is 2.09. The number of hydrogen-bond donors (Lipinski definition) is 0. The van der Waals surface area contributed by atoms with Gasteiger partial charge in [-0.2, -0.15) is 0 Å². The Bertz CT molecular complexity index is 551. The maximum absolute atomic E-state index is 12.4. The molecule has 2 aromatic rings. The smallest absolute Gasteiger partial charge is 0.168 e. The SMILES string of the molecule is CC(C)C(C)C(=O)c1cn(C)c2ccccc12. The third-order valence-corrected chi connectivity index (χ3v) is 3.58. The number of carbonyl (C=O) groups excluding carboxylic acids is 1. The Labute approximate surface area is 102 Å². The molecule has 0 N–H and O–H groups in total. The zero-order chi connectivity index (χ0) is 12.6. The topological polar surface area (TPSA) is 22.0 Å². The summed E-state index contributed by atoms with van der Waals surface area (Å²) in [6, 6.07) is 8.06. The van der Waals surface area contributed by atoms with E-state index in [2.05, 4.69) is 13.8 Å². The molecule has 2 rings (SSSR count). The maximum Gasteiger partial charge on any atom is 0.168 e. The van der Waals surface area contributed by atoms with Gasteiger partial charge in [-0.3, -0.25) is 4.79 Å². The minimum Gasteiger partial charge on any atom is -0.350 e. The van der Waals surface area contributed by atoms with Crippen LogP contribution < -0.4 is 0 Å². The molecule has 1 unspecified atom stereocenters. The Morgan fingerprint density at radius 2 is 1.82 bits per heavy atom. The molecule has 0 aliphatic rings. The molecule has 90 valence electrons. The quantitative estimate of drug-likeness (QED) is 0.736. The van der Waals surface area contributed by atoms with Gasteiger partial charge < -0.3 is 4.57 Å². The van der Waals surface area contributed by atoms with Gasteiger partial charge in [-0.25, -0.2) is 0 Å². The van der Waals surface area contributed by atoms with Gasteiger partial charge in [0.1, 0.15) is 0 Å². The van der Waals surface area contributed by atoms with E-state index in [1.807, 2.05) is 49.0 Å². The standard InChI is InChI=1S/C15H19NO/c1-10(2)11(3)15(17)13-9-16(4)14-8-6-5-7-12(13)14/h5-11H,1-4H3. The Balaban J connectivity index is 2.53. The lowest BCUT2D eigenvalue weighted by atomic mass is 9.90. The van der Waals surface area contributed by atoms with Gasteiger partial charge in [0.25, 0.3) is 0 Å². The van der Waals surface area contributed by atoms with Crippen molar-refractivity contribution in [2.75, 3.05) is 0 Å². The normalized spacial score (nSPS) is 13.2. The second kappa shape index (κ2) is 4.36. The Morgan fingerprint density at radius 1 is 1.18 bits per heavy atom. The lowest BCUT2D eigenvalue weighted by molar-refractivity contribution is 0.0901. The van der Waals surface area contributed by atoms with E-state index in [-0.39, 0.29) is 11.7 Å². The van der Waals surface area contributed by atoms with E-state index in [0.717, 1.165) is 16.5 Å². The average Bonchev–Trinajstić information content (AvgIpc) is 2.65. The third kappa shape index (κ3) is 1.99. The minimum absolute atomic E-state index is 0.0702. The molecule has 0 amide bonds. The van der Waals surface area contributed by atoms with Gasteiger partial charge >= 0.3 is 0 Å². The van der Waals surface area contributed by atoms with Crippen LogP contribution in [0.2, 0.25) is 0 Å². The van der Waals surface area contributed by atoms with Crippen molar-refractivity contribution in [3.05, 3.63) is 36.0 Å². The second-order valence-electron chi connectivity index (χ2n) is 5.07. The molecule has 2 nitrogen and oxygen atoms in total. The van der Waals surface area contributed by atoms with Crippen LogP contribution in [0.25, 0.3) is 10.9 Å². The summed E-state index contributed by atoms with van der Waals surface area (Å²) in [6.45, 7) is 6.19. The molecule has 1 atom stereocenters. The van der Waals surface area contributed by atoms with E-state index in [1.165, 1.54) is 0 Å². The van der Waals surface area contributed by atoms with Crippen LogP contribution in [0.15, 0.2) is 30.5 Å². The first-order valence-electron chi connectivity index (χ1n) is 6.10. The van der Waals surface area contributed by atoms with Crippen molar-refractivity contribution in [2.45, 2.75) is 20.8 Å². The van der Waals surface area contributed by atoms with Crippen molar-refractivity contribution in [1.29, 1.82) is 0 Å². The number of para-hydroxylation sites is 1. The number of fused-ring (bicyclic) bond motifs is 1. The predicted molar refractivity (Wildman–Crippen MR) is 71.3 cm³/mol. The van der Waals surface area contributed by atoms with E-state index in [9.17, 15) is 4.79 Å². The number of rotatable bonds is 3. The van der Waals surface area contributed by atoms with Gasteiger partial charge in [0.05, 0.1) is 0 Å². The molecule has 0 saturated carbocycles. The Hall–Kier alpha value is -1.57. The van der Waals surface area contributed by atoms with Gasteiger partial charge in [-0.05, 0) is 12.0 Å². The molecule has 0 saturated heterocycles. The largest absolute Gasteiger partial charge is 0.350 e. The van der Waals surface area contributed by atoms with Crippen LogP contribution in [0, 0.1) is 11.8 Å². The molecule has 0 radical (unpaired) electrons. The molecule has 0 aliphatic heterocycles. The summed E-state index contributed by atoms with van der Waals surface area (Å²) in [7, 11) is 1.99. The molecule has 0 fully saturated rings. The fourth-order valence-corrected chi connectivity index (χ4v) is 2.09. The molecule has 2 heteroatoms. The molecule has 1 aromatic carbocycles. The van der Waals surface area contributed by atoms with E-state index in [0.29, 0.717) is 5.92 Å². The number of aromatic nitrogens is 1. The second-order valence-corrected chi connectivity index (χ2v) is 5.07. The number of Topliss-reactive ketones (excluding diaryl/α,β-unsaturated/α-hetero) is 1. The van der Waals surface area contributed by atoms with Crippen LogP contribution in [0.1, 0.15) is 31.1 Å². The van der Waals surface area contributed by atoms with E-state index in [1.54, 1.807) is 0 Å². The van der Waals surface area contributed by atoms with Crippen molar-refractivity contribution in [1.82, 2.24) is 4.57 Å². The number of aryl methyl sites for hydroxylation is 1. The van der Waals surface area contributed by atoms with E-state index >= 15 is 0 Å². The van der Waals surface area contributed by atoms with E-state index in [4.69, 9.17) is 0 Å². The Kier molecular flexibility index (Phi) is 3.05. The minimum atomic E-state index is 0.0702. The predicted octanol–water partition coefficient (Wildman–Crippen LogP) is 3.65. The molecular formula is C15H19NO. The highest BCUT2D eigenvalue weighted by Gasteiger charge is 2.21. The van der Waals surface area contributed by atoms with Crippen molar-refractivity contribution < 1.29 is 4.79 Å². The average molecular weight is 229 g/mol. The van der Waals surface area contributed by atoms with Gasteiger partial charge in [0, 0.05) is 35.6 Å². The summed E-state index contributed by atoms with van der Waals surface area (Å²) in [5.41, 5.74) is 1.97. The van der Waals surface area contributed by atoms with Gasteiger partial charge in [0.15, 0.2) is 5.78 Å². The Morgan fingerprint density at radius 3 is 2.47 bits per heavy atom. The summed E-state index contributed by atoms with van der Waals surface area (Å²) in [5.74, 6) is 0.694. The molecule has 1 heterocycles. The highest BCUT2D eigenvalue weighted by atomic mass is 16.1. The van der Waals surface area contributed by atoms with Crippen LogP contribution in [0.3, 0.4) is 0 Å². The van der Waals surface area contributed by atoms with E-state index < -0.39 is 0 Å². The van der Waals surface area contributed by atoms with Crippen molar-refractivity contribution in [2.24, 2.45) is 18.9 Å². The third-order valence-electron chi connectivity index (χ3n) is 3.58. The lowest BCUT2D eigenvalue weighted by Crippen LogP contribution is -2.16. The van der Waals surface area contributed by atoms with Crippen molar-refractivity contribution in [3.8, 4) is 0 Å². The van der Waals surface area contributed by atoms with Crippen LogP contribution in [-0.2, 0) is 7.05 Å². The number of ketones is 1. The van der Waals surface area contributed by atoms with Crippen LogP contribution in [0.4, 0.5) is 0 Å². The number of hydrogen-bond acceptors (Lipinski definition) is 1. The summed E-state index contributed by atoms with van der Waals surface area (Å²) in [6.07, 6.45) is 1.95. The summed E-state index contributed by atoms with van der Waals surface area (Å²) in [4.78, 5) is 12.4. The van der Waals surface area contributed by atoms with Crippen molar-refractivity contribution in [3.63, 3.8) is 0 Å². The molecule has 0 spiro atoms. The summed E-state index contributed by atoms with van der Waals surface area (Å²) >= 11 is 0. The van der Waals surface area contributed by atoms with Gasteiger partial charge in [-0.1, -0.05) is 39.0 Å². The monoisotopic (exact) mass is 229 g/mol. The summed E-state index contributed by atoms with van der Waals surface area (Å²) < 4.78 is 2.02. The van der Waals surface area contributed by atoms with Crippen LogP contribution in [0.5, 0.6) is 0 Å². The summed E-state index contributed by atoms with van der Waals surface area (Å²) in [5, 5.41) is 1.06. The molecular weight excluding hydrogens is 210 g/mol. The van der Waals surface area contributed by atoms with Crippen LogP contribution >= 0.6 is 0 Å². The molecule has 1 aromatic heterocycles. The zero-order valence-corrected chi connectivity index (χ0v) is 10.9. The highest BCUT2D eigenvalue weighted by molar-refractivity contribution is 6.09. The number of carbonyl (C=O) groups is 1. The zero-order valence-electron chi connectivity index (χ0n) is 10.9. The van der Waals surface area contributed by atoms with Gasteiger partial charge in [-0.15, -0.1) is 0 Å². The highest BCUT2D eigenvalue weighted by Crippen LogP contribution is 2.25. The maximum atomic E-state index is 12.4. The van der Waals surface area contributed by atoms with Crippen LogP contribution in [-0.4, -0.2) is 10.4 Å². The number of benzene rings is 1. The number of nitrogens with zero attached hydrogens (tertiary/aromatic N) is 1. The first-order valence-corrected chi connectivity index (χ1v) is 6.10. The van der Waals surface area contributed by atoms with Gasteiger partial charge in [0.2, 0.25) is 0 Å². The molecule has 0 bridgehead atoms. The molecule has 17 heavy (non-hydrogen) atoms. The first kappa shape index (κ1) is 11.9. The lowest BCUT2D eigenvalue weighted by Gasteiger charge is -2.13.